The van der Waals surface area contributed by atoms with E-state index < -0.39 is 11.6 Å². The van der Waals surface area contributed by atoms with Crippen molar-refractivity contribution in [2.24, 2.45) is 5.92 Å². The highest BCUT2D eigenvalue weighted by Crippen LogP contribution is 2.45. The SMILES string of the molecule is Cc1cc2c(s1)C(O)(C(=O)O)C(C)C2. The van der Waals surface area contributed by atoms with Gasteiger partial charge >= 0.3 is 5.97 Å². The fourth-order valence-corrected chi connectivity index (χ4v) is 3.29. The molecular formula is C10H12O3S. The van der Waals surface area contributed by atoms with Crippen LogP contribution in [0.3, 0.4) is 0 Å². The molecule has 1 aliphatic carbocycles. The summed E-state index contributed by atoms with van der Waals surface area (Å²) in [5.74, 6) is -1.37. The van der Waals surface area contributed by atoms with Gasteiger partial charge in [0, 0.05) is 10.8 Å². The molecular weight excluding hydrogens is 200 g/mol. The molecule has 4 heteroatoms. The minimum atomic E-state index is -1.66. The van der Waals surface area contributed by atoms with Gasteiger partial charge in [0.25, 0.3) is 0 Å². The van der Waals surface area contributed by atoms with Gasteiger partial charge in [0.15, 0.2) is 5.60 Å². The van der Waals surface area contributed by atoms with Crippen LogP contribution in [0.1, 0.15) is 22.2 Å². The van der Waals surface area contributed by atoms with Crippen molar-refractivity contribution in [3.05, 3.63) is 21.4 Å². The lowest BCUT2D eigenvalue weighted by molar-refractivity contribution is -0.163. The molecule has 2 atom stereocenters. The molecule has 0 saturated carbocycles. The number of carboxylic acid groups (broad SMARTS) is 1. The Morgan fingerprint density at radius 3 is 2.93 bits per heavy atom. The van der Waals surface area contributed by atoms with E-state index in [0.717, 1.165) is 10.4 Å². The van der Waals surface area contributed by atoms with Crippen LogP contribution in [-0.2, 0) is 16.8 Å². The predicted molar refractivity (Wildman–Crippen MR) is 53.5 cm³/mol. The number of hydrogen-bond donors (Lipinski definition) is 2. The van der Waals surface area contributed by atoms with Crippen LogP contribution < -0.4 is 0 Å². The van der Waals surface area contributed by atoms with E-state index in [9.17, 15) is 9.90 Å². The highest BCUT2D eigenvalue weighted by molar-refractivity contribution is 7.12. The fourth-order valence-electron chi connectivity index (χ4n) is 2.05. The van der Waals surface area contributed by atoms with Crippen LogP contribution in [0.5, 0.6) is 0 Å². The zero-order chi connectivity index (χ0) is 10.5. The minimum absolute atomic E-state index is 0.234. The maximum absolute atomic E-state index is 11.1. The third-order valence-electron chi connectivity index (χ3n) is 2.84. The van der Waals surface area contributed by atoms with Crippen molar-refractivity contribution >= 4 is 17.3 Å². The molecule has 14 heavy (non-hydrogen) atoms. The molecule has 0 fully saturated rings. The molecule has 1 heterocycles. The second-order valence-corrected chi connectivity index (χ2v) is 5.14. The summed E-state index contributed by atoms with van der Waals surface area (Å²) in [5, 5.41) is 19.2. The Balaban J connectivity index is 2.57. The van der Waals surface area contributed by atoms with Crippen LogP contribution in [0, 0.1) is 12.8 Å². The van der Waals surface area contributed by atoms with Crippen LogP contribution in [0.4, 0.5) is 0 Å². The summed E-state index contributed by atoms with van der Waals surface area (Å²) >= 11 is 1.39. The number of rotatable bonds is 1. The molecule has 76 valence electrons. The molecule has 0 bridgehead atoms. The highest BCUT2D eigenvalue weighted by atomic mass is 32.1. The summed E-state index contributed by atoms with van der Waals surface area (Å²) in [7, 11) is 0. The molecule has 0 aromatic carbocycles. The van der Waals surface area contributed by atoms with E-state index in [2.05, 4.69) is 0 Å². The largest absolute Gasteiger partial charge is 0.479 e. The van der Waals surface area contributed by atoms with Gasteiger partial charge in [0.1, 0.15) is 0 Å². The Morgan fingerprint density at radius 2 is 2.36 bits per heavy atom. The maximum Gasteiger partial charge on any atom is 0.341 e. The first-order valence-corrected chi connectivity index (χ1v) is 5.33. The Bertz CT molecular complexity index is 396. The molecule has 1 aromatic rings. The van der Waals surface area contributed by atoms with Crippen molar-refractivity contribution in [2.75, 3.05) is 0 Å². The normalized spacial score (nSPS) is 30.4. The first kappa shape index (κ1) is 9.68. The van der Waals surface area contributed by atoms with Gasteiger partial charge in [-0.25, -0.2) is 4.79 Å². The summed E-state index contributed by atoms with van der Waals surface area (Å²) in [5.41, 5.74) is -0.668. The van der Waals surface area contributed by atoms with Crippen LogP contribution in [0.2, 0.25) is 0 Å². The first-order valence-electron chi connectivity index (χ1n) is 4.51. The number of carboxylic acids is 1. The zero-order valence-electron chi connectivity index (χ0n) is 8.07. The second-order valence-electron chi connectivity index (χ2n) is 3.89. The Morgan fingerprint density at radius 1 is 1.71 bits per heavy atom. The number of hydrogen-bond acceptors (Lipinski definition) is 3. The number of aryl methyl sites for hydroxylation is 1. The smallest absolute Gasteiger partial charge is 0.341 e. The van der Waals surface area contributed by atoms with Crippen molar-refractivity contribution in [3.63, 3.8) is 0 Å². The lowest BCUT2D eigenvalue weighted by atomic mass is 9.93. The van der Waals surface area contributed by atoms with Gasteiger partial charge in [-0.05, 0) is 25.0 Å². The summed E-state index contributed by atoms with van der Waals surface area (Å²) in [6.45, 7) is 3.70. The van der Waals surface area contributed by atoms with Gasteiger partial charge in [-0.1, -0.05) is 6.92 Å². The van der Waals surface area contributed by atoms with Crippen molar-refractivity contribution < 1.29 is 15.0 Å². The van der Waals surface area contributed by atoms with Crippen LogP contribution in [0.15, 0.2) is 6.07 Å². The summed E-state index contributed by atoms with van der Waals surface area (Å²) in [6.07, 6.45) is 0.655. The molecule has 3 nitrogen and oxygen atoms in total. The van der Waals surface area contributed by atoms with Gasteiger partial charge in [0.2, 0.25) is 0 Å². The standard InChI is InChI=1S/C10H12O3S/c1-5-3-7-4-6(2)14-8(7)10(5,13)9(11)12/h4-5,13H,3H2,1-2H3,(H,11,12). The van der Waals surface area contributed by atoms with E-state index in [0.29, 0.717) is 11.3 Å². The van der Waals surface area contributed by atoms with Gasteiger partial charge in [-0.15, -0.1) is 11.3 Å². The van der Waals surface area contributed by atoms with E-state index in [4.69, 9.17) is 5.11 Å². The molecule has 0 amide bonds. The van der Waals surface area contributed by atoms with E-state index >= 15 is 0 Å². The Kier molecular flexibility index (Phi) is 1.94. The van der Waals surface area contributed by atoms with Crippen molar-refractivity contribution in [1.82, 2.24) is 0 Å². The first-order chi connectivity index (χ1) is 6.46. The Labute approximate surface area is 86.0 Å². The lowest BCUT2D eigenvalue weighted by Crippen LogP contribution is -2.38. The average molecular weight is 212 g/mol. The monoisotopic (exact) mass is 212 g/mol. The minimum Gasteiger partial charge on any atom is -0.479 e. The molecule has 2 N–H and O–H groups in total. The summed E-state index contributed by atoms with van der Waals surface area (Å²) < 4.78 is 0. The predicted octanol–water partition coefficient (Wildman–Crippen LogP) is 1.52. The molecule has 1 aromatic heterocycles. The fraction of sp³-hybridized carbons (Fsp3) is 0.500. The highest BCUT2D eigenvalue weighted by Gasteiger charge is 2.50. The molecule has 1 aliphatic rings. The average Bonchev–Trinajstić information content (AvgIpc) is 2.53. The number of fused-ring (bicyclic) bond motifs is 1. The lowest BCUT2D eigenvalue weighted by Gasteiger charge is -2.22. The number of thiophene rings is 1. The van der Waals surface area contributed by atoms with E-state index in [-0.39, 0.29) is 5.92 Å². The van der Waals surface area contributed by atoms with Gasteiger partial charge in [-0.3, -0.25) is 0 Å². The van der Waals surface area contributed by atoms with Gasteiger partial charge < -0.3 is 10.2 Å². The van der Waals surface area contributed by atoms with Crippen molar-refractivity contribution in [2.45, 2.75) is 25.9 Å². The summed E-state index contributed by atoms with van der Waals surface area (Å²) in [4.78, 5) is 12.7. The molecule has 0 saturated heterocycles. The number of carbonyl (C=O) groups is 1. The van der Waals surface area contributed by atoms with Gasteiger partial charge in [-0.2, -0.15) is 0 Å². The quantitative estimate of drug-likeness (QED) is 0.742. The molecule has 2 unspecified atom stereocenters. The van der Waals surface area contributed by atoms with Crippen LogP contribution in [0.25, 0.3) is 0 Å². The zero-order valence-corrected chi connectivity index (χ0v) is 8.89. The topological polar surface area (TPSA) is 57.5 Å². The van der Waals surface area contributed by atoms with Crippen LogP contribution in [-0.4, -0.2) is 16.2 Å². The maximum atomic E-state index is 11.1. The second kappa shape index (κ2) is 2.81. The van der Waals surface area contributed by atoms with E-state index in [1.165, 1.54) is 11.3 Å². The Hall–Kier alpha value is -0.870. The number of aliphatic hydroxyl groups is 1. The van der Waals surface area contributed by atoms with Crippen molar-refractivity contribution in [1.29, 1.82) is 0 Å². The molecule has 0 radical (unpaired) electrons. The molecule has 0 aliphatic heterocycles. The third-order valence-corrected chi connectivity index (χ3v) is 4.06. The summed E-state index contributed by atoms with van der Waals surface area (Å²) in [6, 6.07) is 1.97. The van der Waals surface area contributed by atoms with E-state index in [1.807, 2.05) is 13.0 Å². The third kappa shape index (κ3) is 1.04. The number of aliphatic carboxylic acids is 1. The van der Waals surface area contributed by atoms with Crippen LogP contribution >= 0.6 is 11.3 Å². The van der Waals surface area contributed by atoms with Crippen molar-refractivity contribution in [3.8, 4) is 0 Å². The van der Waals surface area contributed by atoms with Gasteiger partial charge in [0.05, 0.1) is 4.88 Å². The molecule has 0 spiro atoms. The molecule has 2 rings (SSSR count). The van der Waals surface area contributed by atoms with E-state index in [1.54, 1.807) is 6.92 Å².